The van der Waals surface area contributed by atoms with E-state index in [4.69, 9.17) is 0 Å². The van der Waals surface area contributed by atoms with E-state index in [1.807, 2.05) is 62.4 Å². The van der Waals surface area contributed by atoms with Gasteiger partial charge in [-0.2, -0.15) is 20.1 Å². The molecule has 8 heteroatoms. The number of aryl methyl sites for hydroxylation is 2. The second kappa shape index (κ2) is 9.57. The number of hydrogen-bond acceptors (Lipinski definition) is 8. The minimum Gasteiger partial charge on any atom is -0.508 e. The van der Waals surface area contributed by atoms with Crippen molar-refractivity contribution < 1.29 is 5.11 Å². The first-order chi connectivity index (χ1) is 15.5. The Morgan fingerprint density at radius 2 is 1.53 bits per heavy atom. The summed E-state index contributed by atoms with van der Waals surface area (Å²) < 4.78 is 0. The van der Waals surface area contributed by atoms with E-state index in [-0.39, 0.29) is 11.7 Å². The number of phenolic OH excluding ortho intramolecular Hbond substituents is 1. The summed E-state index contributed by atoms with van der Waals surface area (Å²) in [5.74, 6) is 1.18. The molecule has 1 aromatic heterocycles. The van der Waals surface area contributed by atoms with Crippen LogP contribution in [0.4, 0.5) is 29.2 Å². The van der Waals surface area contributed by atoms with Gasteiger partial charge in [0.2, 0.25) is 17.8 Å². The van der Waals surface area contributed by atoms with Gasteiger partial charge in [-0.05, 0) is 55.3 Å². The molecule has 8 nitrogen and oxygen atoms in total. The van der Waals surface area contributed by atoms with Crippen LogP contribution in [0, 0.1) is 13.8 Å². The van der Waals surface area contributed by atoms with E-state index in [0.717, 1.165) is 22.5 Å². The van der Waals surface area contributed by atoms with Crippen LogP contribution in [0.25, 0.3) is 0 Å². The summed E-state index contributed by atoms with van der Waals surface area (Å²) in [5.41, 5.74) is 7.59. The number of aromatic hydroxyl groups is 1. The predicted molar refractivity (Wildman–Crippen MR) is 128 cm³/mol. The topological polar surface area (TPSA) is 107 Å². The number of benzene rings is 3. The monoisotopic (exact) mass is 425 g/mol. The molecule has 0 atom stereocenters. The van der Waals surface area contributed by atoms with Crippen LogP contribution in [0.3, 0.4) is 0 Å². The Hall–Kier alpha value is -4.46. The van der Waals surface area contributed by atoms with Crippen molar-refractivity contribution in [2.24, 2.45) is 5.10 Å². The average molecular weight is 425 g/mol. The second-order valence-electron chi connectivity index (χ2n) is 7.21. The van der Waals surface area contributed by atoms with E-state index in [9.17, 15) is 5.11 Å². The third kappa shape index (κ3) is 5.57. The van der Waals surface area contributed by atoms with Gasteiger partial charge in [-0.3, -0.25) is 0 Å². The van der Waals surface area contributed by atoms with Gasteiger partial charge in [0.05, 0.1) is 6.21 Å². The maximum Gasteiger partial charge on any atom is 0.250 e. The van der Waals surface area contributed by atoms with Gasteiger partial charge in [-0.1, -0.05) is 48.0 Å². The van der Waals surface area contributed by atoms with Crippen molar-refractivity contribution in [1.82, 2.24) is 15.0 Å². The molecular weight excluding hydrogens is 402 g/mol. The summed E-state index contributed by atoms with van der Waals surface area (Å²) in [5, 5.41) is 20.2. The number of anilines is 5. The molecule has 0 bridgehead atoms. The molecule has 0 aliphatic heterocycles. The lowest BCUT2D eigenvalue weighted by molar-refractivity contribution is 0.475. The fourth-order valence-electron chi connectivity index (χ4n) is 3.03. The highest BCUT2D eigenvalue weighted by Gasteiger charge is 2.09. The first kappa shape index (κ1) is 20.8. The summed E-state index contributed by atoms with van der Waals surface area (Å²) in [7, 11) is 0. The number of nitrogens with zero attached hydrogens (tertiary/aromatic N) is 4. The summed E-state index contributed by atoms with van der Waals surface area (Å²) in [4.78, 5) is 13.3. The number of phenols is 1. The van der Waals surface area contributed by atoms with Crippen LogP contribution >= 0.6 is 0 Å². The number of aromatic nitrogens is 3. The number of rotatable bonds is 7. The normalized spacial score (nSPS) is 10.8. The van der Waals surface area contributed by atoms with E-state index in [1.165, 1.54) is 5.56 Å². The Balaban J connectivity index is 1.60. The van der Waals surface area contributed by atoms with Crippen LogP contribution < -0.4 is 16.1 Å². The van der Waals surface area contributed by atoms with Crippen molar-refractivity contribution >= 4 is 35.4 Å². The zero-order valence-electron chi connectivity index (χ0n) is 17.7. The lowest BCUT2D eigenvalue weighted by Crippen LogP contribution is -2.07. The molecule has 0 aliphatic carbocycles. The van der Waals surface area contributed by atoms with Gasteiger partial charge in [0.15, 0.2) is 0 Å². The van der Waals surface area contributed by atoms with Crippen LogP contribution in [0.1, 0.15) is 16.7 Å². The molecule has 0 saturated heterocycles. The Bertz CT molecular complexity index is 1240. The van der Waals surface area contributed by atoms with E-state index < -0.39 is 0 Å². The Morgan fingerprint density at radius 1 is 0.781 bits per heavy atom. The van der Waals surface area contributed by atoms with Crippen LogP contribution in [-0.2, 0) is 0 Å². The number of para-hydroxylation sites is 1. The molecule has 0 unspecified atom stereocenters. The van der Waals surface area contributed by atoms with Crippen molar-refractivity contribution in [3.63, 3.8) is 0 Å². The smallest absolute Gasteiger partial charge is 0.250 e. The van der Waals surface area contributed by atoms with E-state index in [2.05, 4.69) is 42.2 Å². The highest BCUT2D eigenvalue weighted by atomic mass is 16.3. The quantitative estimate of drug-likeness (QED) is 0.240. The Kier molecular flexibility index (Phi) is 6.22. The first-order valence-corrected chi connectivity index (χ1v) is 10.1. The second-order valence-corrected chi connectivity index (χ2v) is 7.21. The lowest BCUT2D eigenvalue weighted by atomic mass is 10.1. The molecule has 1 heterocycles. The molecule has 0 aliphatic rings. The molecule has 0 spiro atoms. The summed E-state index contributed by atoms with van der Waals surface area (Å²) in [6.45, 7) is 4.08. The molecule has 0 radical (unpaired) electrons. The fraction of sp³-hybridized carbons (Fsp3) is 0.0833. The molecule has 3 aromatic carbocycles. The molecule has 0 saturated carbocycles. The van der Waals surface area contributed by atoms with Crippen LogP contribution in [0.2, 0.25) is 0 Å². The average Bonchev–Trinajstić information content (AvgIpc) is 2.76. The van der Waals surface area contributed by atoms with Gasteiger partial charge in [0, 0.05) is 11.4 Å². The third-order valence-electron chi connectivity index (χ3n) is 4.54. The molecule has 4 aromatic rings. The summed E-state index contributed by atoms with van der Waals surface area (Å²) in [6, 6.07) is 22.5. The maximum atomic E-state index is 9.59. The predicted octanol–water partition coefficient (Wildman–Crippen LogP) is 5.13. The van der Waals surface area contributed by atoms with Crippen molar-refractivity contribution in [1.29, 1.82) is 0 Å². The number of nitrogens with one attached hydrogen (secondary N) is 3. The molecule has 0 amide bonds. The van der Waals surface area contributed by atoms with Gasteiger partial charge in [0.25, 0.3) is 0 Å². The zero-order chi connectivity index (χ0) is 22.3. The highest BCUT2D eigenvalue weighted by Crippen LogP contribution is 2.22. The standard InChI is InChI=1S/C24H23N7O/c1-16-11-12-21(17(2)13-16)27-23-28-22(26-19-8-4-3-5-9-19)29-24(30-23)31-25-15-18-7-6-10-20(32)14-18/h3-15,32H,1-2H3,(H3,26,27,28,29,30,31)/b25-15+. The van der Waals surface area contributed by atoms with Crippen LogP contribution in [0.5, 0.6) is 5.75 Å². The van der Waals surface area contributed by atoms with E-state index in [1.54, 1.807) is 24.4 Å². The summed E-state index contributed by atoms with van der Waals surface area (Å²) >= 11 is 0. The van der Waals surface area contributed by atoms with Gasteiger partial charge >= 0.3 is 0 Å². The SMILES string of the molecule is Cc1ccc(Nc2nc(N/N=C/c3cccc(O)c3)nc(Nc3ccccc3)n2)c(C)c1. The van der Waals surface area contributed by atoms with Crippen LogP contribution in [-0.4, -0.2) is 26.3 Å². The van der Waals surface area contributed by atoms with Gasteiger partial charge in [-0.25, -0.2) is 5.43 Å². The molecule has 160 valence electrons. The largest absolute Gasteiger partial charge is 0.508 e. The van der Waals surface area contributed by atoms with Crippen LogP contribution in [0.15, 0.2) is 77.9 Å². The molecule has 32 heavy (non-hydrogen) atoms. The molecule has 4 rings (SSSR count). The summed E-state index contributed by atoms with van der Waals surface area (Å²) in [6.07, 6.45) is 1.57. The van der Waals surface area contributed by atoms with Gasteiger partial charge in [-0.15, -0.1) is 0 Å². The van der Waals surface area contributed by atoms with E-state index in [0.29, 0.717) is 11.9 Å². The number of hydrogen-bond donors (Lipinski definition) is 4. The molecule has 4 N–H and O–H groups in total. The lowest BCUT2D eigenvalue weighted by Gasteiger charge is -2.12. The number of hydrazone groups is 1. The molecule has 0 fully saturated rings. The Morgan fingerprint density at radius 3 is 2.28 bits per heavy atom. The minimum absolute atomic E-state index is 0.170. The fourth-order valence-corrected chi connectivity index (χ4v) is 3.03. The highest BCUT2D eigenvalue weighted by molar-refractivity contribution is 5.80. The zero-order valence-corrected chi connectivity index (χ0v) is 17.7. The van der Waals surface area contributed by atoms with E-state index >= 15 is 0 Å². The molecular formula is C24H23N7O. The van der Waals surface area contributed by atoms with Crippen molar-refractivity contribution in [2.45, 2.75) is 13.8 Å². The van der Waals surface area contributed by atoms with Crippen molar-refractivity contribution in [2.75, 3.05) is 16.1 Å². The van der Waals surface area contributed by atoms with Gasteiger partial charge < -0.3 is 15.7 Å². The Labute approximate surface area is 186 Å². The maximum absolute atomic E-state index is 9.59. The first-order valence-electron chi connectivity index (χ1n) is 10.1. The third-order valence-corrected chi connectivity index (χ3v) is 4.54. The minimum atomic E-state index is 0.170. The van der Waals surface area contributed by atoms with Gasteiger partial charge in [0.1, 0.15) is 5.75 Å². The van der Waals surface area contributed by atoms with Crippen molar-refractivity contribution in [3.8, 4) is 5.75 Å². The van der Waals surface area contributed by atoms with Crippen molar-refractivity contribution in [3.05, 3.63) is 89.5 Å².